The van der Waals surface area contributed by atoms with Gasteiger partial charge in [-0.15, -0.1) is 0 Å². The van der Waals surface area contributed by atoms with Gasteiger partial charge in [-0.05, 0) is 47.2 Å². The lowest BCUT2D eigenvalue weighted by Gasteiger charge is -2.14. The molecule has 0 aliphatic carbocycles. The van der Waals surface area contributed by atoms with E-state index in [-0.39, 0.29) is 6.04 Å². The van der Waals surface area contributed by atoms with Gasteiger partial charge in [0.2, 0.25) is 0 Å². The molecule has 16 heavy (non-hydrogen) atoms. The van der Waals surface area contributed by atoms with Gasteiger partial charge in [-0.25, -0.2) is 0 Å². The summed E-state index contributed by atoms with van der Waals surface area (Å²) in [4.78, 5) is 0. The van der Waals surface area contributed by atoms with Crippen LogP contribution in [0.5, 0.6) is 5.75 Å². The van der Waals surface area contributed by atoms with Crippen molar-refractivity contribution in [3.05, 3.63) is 28.2 Å². The summed E-state index contributed by atoms with van der Waals surface area (Å²) in [6.45, 7) is 2.74. The first-order chi connectivity index (χ1) is 7.65. The van der Waals surface area contributed by atoms with Crippen LogP contribution in [0.3, 0.4) is 0 Å². The molecule has 0 amide bonds. The van der Waals surface area contributed by atoms with E-state index in [1.807, 2.05) is 19.1 Å². The third-order valence-corrected chi connectivity index (χ3v) is 3.32. The second-order valence-corrected chi connectivity index (χ2v) is 5.59. The van der Waals surface area contributed by atoms with Crippen molar-refractivity contribution in [1.82, 2.24) is 0 Å². The number of rotatable bonds is 6. The molecular formula is C12H18BrNOS. The maximum Gasteiger partial charge on any atom is 0.136 e. The van der Waals surface area contributed by atoms with Gasteiger partial charge in [-0.3, -0.25) is 0 Å². The van der Waals surface area contributed by atoms with Crippen LogP contribution >= 0.6 is 27.7 Å². The summed E-state index contributed by atoms with van der Waals surface area (Å²) in [5.41, 5.74) is 6.99. The number of nitrogens with two attached hydrogens (primary N) is 1. The van der Waals surface area contributed by atoms with E-state index in [1.165, 1.54) is 5.56 Å². The summed E-state index contributed by atoms with van der Waals surface area (Å²) in [6, 6.07) is 6.24. The molecule has 4 heteroatoms. The Bertz CT molecular complexity index is 331. The Balaban J connectivity index is 2.77. The van der Waals surface area contributed by atoms with Crippen LogP contribution in [0.15, 0.2) is 22.7 Å². The number of benzene rings is 1. The van der Waals surface area contributed by atoms with Gasteiger partial charge in [0.25, 0.3) is 0 Å². The molecule has 0 fully saturated rings. The molecule has 2 nitrogen and oxygen atoms in total. The van der Waals surface area contributed by atoms with Gasteiger partial charge < -0.3 is 10.5 Å². The van der Waals surface area contributed by atoms with E-state index in [2.05, 4.69) is 28.3 Å². The molecule has 0 saturated heterocycles. The fraction of sp³-hybridized carbons (Fsp3) is 0.500. The average molecular weight is 304 g/mol. The van der Waals surface area contributed by atoms with Crippen molar-refractivity contribution in [3.8, 4) is 5.75 Å². The van der Waals surface area contributed by atoms with Gasteiger partial charge in [0, 0.05) is 11.8 Å². The molecule has 0 spiro atoms. The maximum atomic E-state index is 5.82. The molecule has 0 aliphatic rings. The van der Waals surface area contributed by atoms with Crippen molar-refractivity contribution < 1.29 is 4.74 Å². The molecule has 1 aromatic carbocycles. The summed E-state index contributed by atoms with van der Waals surface area (Å²) in [5.74, 6) is 1.94. The fourth-order valence-electron chi connectivity index (χ4n) is 1.45. The molecule has 1 atom stereocenters. The summed E-state index contributed by atoms with van der Waals surface area (Å²) in [7, 11) is 0. The Morgan fingerprint density at radius 1 is 1.50 bits per heavy atom. The zero-order chi connectivity index (χ0) is 12.0. The quantitative estimate of drug-likeness (QED) is 0.820. The number of para-hydroxylation sites is 1. The van der Waals surface area contributed by atoms with Crippen molar-refractivity contribution in [2.75, 3.05) is 18.6 Å². The molecule has 2 N–H and O–H groups in total. The van der Waals surface area contributed by atoms with E-state index in [0.29, 0.717) is 0 Å². The molecular weight excluding hydrogens is 286 g/mol. The minimum absolute atomic E-state index is 0.150. The first kappa shape index (κ1) is 13.9. The zero-order valence-corrected chi connectivity index (χ0v) is 12.1. The third-order valence-electron chi connectivity index (χ3n) is 2.12. The minimum Gasteiger partial charge on any atom is -0.491 e. The van der Waals surface area contributed by atoms with Crippen molar-refractivity contribution in [2.45, 2.75) is 19.4 Å². The highest BCUT2D eigenvalue weighted by atomic mass is 79.9. The predicted octanol–water partition coefficient (Wildman–Crippen LogP) is 3.08. The Labute approximate surface area is 110 Å². The first-order valence-corrected chi connectivity index (χ1v) is 7.48. The van der Waals surface area contributed by atoms with Crippen LogP contribution < -0.4 is 10.5 Å². The number of halogens is 1. The molecule has 0 aliphatic heterocycles. The Kier molecular flexibility index (Phi) is 6.24. The molecule has 0 heterocycles. The Morgan fingerprint density at radius 2 is 2.25 bits per heavy atom. The van der Waals surface area contributed by atoms with E-state index in [4.69, 9.17) is 10.5 Å². The van der Waals surface area contributed by atoms with Crippen LogP contribution in [0.4, 0.5) is 0 Å². The molecule has 0 radical (unpaired) electrons. The number of ether oxygens (including phenoxy) is 1. The third kappa shape index (κ3) is 4.36. The van der Waals surface area contributed by atoms with Gasteiger partial charge in [-0.2, -0.15) is 11.8 Å². The van der Waals surface area contributed by atoms with Crippen LogP contribution in [0, 0.1) is 0 Å². The summed E-state index contributed by atoms with van der Waals surface area (Å²) < 4.78 is 6.79. The SMILES string of the molecule is CSCCOc1c(Br)cccc1CC(C)N. The van der Waals surface area contributed by atoms with Crippen molar-refractivity contribution in [3.63, 3.8) is 0 Å². The lowest BCUT2D eigenvalue weighted by molar-refractivity contribution is 0.337. The van der Waals surface area contributed by atoms with Crippen molar-refractivity contribution in [1.29, 1.82) is 0 Å². The molecule has 1 rings (SSSR count). The summed E-state index contributed by atoms with van der Waals surface area (Å²) in [5, 5.41) is 0. The summed E-state index contributed by atoms with van der Waals surface area (Å²) >= 11 is 5.30. The Hall–Kier alpha value is -0.190. The molecule has 1 unspecified atom stereocenters. The highest BCUT2D eigenvalue weighted by molar-refractivity contribution is 9.10. The van der Waals surface area contributed by atoms with Crippen LogP contribution in [-0.2, 0) is 6.42 Å². The number of hydrogen-bond acceptors (Lipinski definition) is 3. The predicted molar refractivity (Wildman–Crippen MR) is 75.4 cm³/mol. The monoisotopic (exact) mass is 303 g/mol. The van der Waals surface area contributed by atoms with Gasteiger partial charge >= 0.3 is 0 Å². The Morgan fingerprint density at radius 3 is 2.88 bits per heavy atom. The first-order valence-electron chi connectivity index (χ1n) is 5.30. The van der Waals surface area contributed by atoms with E-state index < -0.39 is 0 Å². The van der Waals surface area contributed by atoms with E-state index in [1.54, 1.807) is 11.8 Å². The molecule has 0 bridgehead atoms. The van der Waals surface area contributed by atoms with Crippen molar-refractivity contribution in [2.24, 2.45) is 5.73 Å². The molecule has 0 saturated carbocycles. The van der Waals surface area contributed by atoms with Gasteiger partial charge in [0.05, 0.1) is 11.1 Å². The average Bonchev–Trinajstić information content (AvgIpc) is 2.21. The second kappa shape index (κ2) is 7.20. The molecule has 90 valence electrons. The van der Waals surface area contributed by atoms with Crippen molar-refractivity contribution >= 4 is 27.7 Å². The van der Waals surface area contributed by atoms with Gasteiger partial charge in [-0.1, -0.05) is 12.1 Å². The highest BCUT2D eigenvalue weighted by Crippen LogP contribution is 2.29. The van der Waals surface area contributed by atoms with Crippen LogP contribution in [0.25, 0.3) is 0 Å². The van der Waals surface area contributed by atoms with E-state index >= 15 is 0 Å². The zero-order valence-electron chi connectivity index (χ0n) is 9.70. The standard InChI is InChI=1S/C12H18BrNOS/c1-9(14)8-10-4-3-5-11(13)12(10)15-6-7-16-2/h3-5,9H,6-8,14H2,1-2H3. The van der Waals surface area contributed by atoms with E-state index in [9.17, 15) is 0 Å². The molecule has 0 aromatic heterocycles. The highest BCUT2D eigenvalue weighted by Gasteiger charge is 2.09. The number of hydrogen-bond donors (Lipinski definition) is 1. The maximum absolute atomic E-state index is 5.82. The summed E-state index contributed by atoms with van der Waals surface area (Å²) in [6.07, 6.45) is 2.92. The smallest absolute Gasteiger partial charge is 0.136 e. The molecule has 1 aromatic rings. The normalized spacial score (nSPS) is 12.5. The topological polar surface area (TPSA) is 35.2 Å². The van der Waals surface area contributed by atoms with Gasteiger partial charge in [0.15, 0.2) is 0 Å². The minimum atomic E-state index is 0.150. The lowest BCUT2D eigenvalue weighted by atomic mass is 10.1. The largest absolute Gasteiger partial charge is 0.491 e. The second-order valence-electron chi connectivity index (χ2n) is 3.75. The lowest BCUT2D eigenvalue weighted by Crippen LogP contribution is -2.18. The van der Waals surface area contributed by atoms with Crippen LogP contribution in [0.2, 0.25) is 0 Å². The number of thioether (sulfide) groups is 1. The van der Waals surface area contributed by atoms with E-state index in [0.717, 1.165) is 29.0 Å². The van der Waals surface area contributed by atoms with Crippen LogP contribution in [0.1, 0.15) is 12.5 Å². The van der Waals surface area contributed by atoms with Crippen LogP contribution in [-0.4, -0.2) is 24.7 Å². The fourth-order valence-corrected chi connectivity index (χ4v) is 2.22. The van der Waals surface area contributed by atoms with Gasteiger partial charge in [0.1, 0.15) is 5.75 Å².